The van der Waals surface area contributed by atoms with E-state index in [0.717, 1.165) is 17.7 Å². The van der Waals surface area contributed by atoms with Gasteiger partial charge < -0.3 is 11.1 Å². The van der Waals surface area contributed by atoms with Crippen LogP contribution >= 0.6 is 15.9 Å². The minimum Gasteiger partial charge on any atom is -0.398 e. The third kappa shape index (κ3) is 3.11. The van der Waals surface area contributed by atoms with E-state index >= 15 is 0 Å². The van der Waals surface area contributed by atoms with Gasteiger partial charge in [-0.05, 0) is 46.2 Å². The van der Waals surface area contributed by atoms with Crippen molar-refractivity contribution in [1.29, 1.82) is 0 Å². The van der Waals surface area contributed by atoms with E-state index in [2.05, 4.69) is 26.2 Å². The van der Waals surface area contributed by atoms with Crippen LogP contribution in [0.4, 0.5) is 10.1 Å². The number of hydrogen-bond donors (Lipinski definition) is 2. The van der Waals surface area contributed by atoms with Crippen molar-refractivity contribution in [3.05, 3.63) is 58.1 Å². The van der Waals surface area contributed by atoms with Gasteiger partial charge in [0.15, 0.2) is 0 Å². The van der Waals surface area contributed by atoms with Crippen LogP contribution in [0.25, 0.3) is 0 Å². The quantitative estimate of drug-likeness (QED) is 0.908. The Hall–Kier alpha value is -1.46. The van der Waals surface area contributed by atoms with Gasteiger partial charge in [-0.25, -0.2) is 4.39 Å². The Balaban J connectivity index is 2.45. The topological polar surface area (TPSA) is 50.9 Å². The zero-order chi connectivity index (χ0) is 13.8. The molecule has 0 saturated heterocycles. The summed E-state index contributed by atoms with van der Waals surface area (Å²) in [7, 11) is 0. The van der Waals surface area contributed by atoms with Gasteiger partial charge in [0.2, 0.25) is 0 Å². The van der Waals surface area contributed by atoms with Crippen LogP contribution in [0, 0.1) is 5.82 Å². The number of nitrogen functional groups attached to an aromatic ring is 1. The second kappa shape index (κ2) is 6.12. The van der Waals surface area contributed by atoms with Gasteiger partial charge in [-0.1, -0.05) is 13.0 Å². The fourth-order valence-corrected chi connectivity index (χ4v) is 2.36. The van der Waals surface area contributed by atoms with Gasteiger partial charge >= 0.3 is 0 Å². The highest BCUT2D eigenvalue weighted by Crippen LogP contribution is 2.28. The van der Waals surface area contributed by atoms with Crippen molar-refractivity contribution in [2.75, 3.05) is 12.3 Å². The van der Waals surface area contributed by atoms with Crippen LogP contribution in [0.3, 0.4) is 0 Å². The SMILES string of the molecule is CCNC(c1ccc(F)c(Br)c1)c1cnccc1N. The lowest BCUT2D eigenvalue weighted by Crippen LogP contribution is -2.23. The fourth-order valence-electron chi connectivity index (χ4n) is 1.96. The summed E-state index contributed by atoms with van der Waals surface area (Å²) in [5.41, 5.74) is 8.49. The first-order chi connectivity index (χ1) is 9.13. The highest BCUT2D eigenvalue weighted by Gasteiger charge is 2.16. The molecule has 0 aliphatic rings. The molecule has 1 aromatic heterocycles. The molecule has 19 heavy (non-hydrogen) atoms. The average molecular weight is 324 g/mol. The number of rotatable bonds is 4. The van der Waals surface area contributed by atoms with Crippen LogP contribution in [0.5, 0.6) is 0 Å². The molecule has 0 bridgehead atoms. The number of hydrogen-bond acceptors (Lipinski definition) is 3. The van der Waals surface area contributed by atoms with Crippen molar-refractivity contribution < 1.29 is 4.39 Å². The van der Waals surface area contributed by atoms with Gasteiger partial charge in [-0.3, -0.25) is 4.98 Å². The minimum atomic E-state index is -0.279. The summed E-state index contributed by atoms with van der Waals surface area (Å²) in [6, 6.07) is 6.61. The molecule has 3 N–H and O–H groups in total. The van der Waals surface area contributed by atoms with Gasteiger partial charge in [0.1, 0.15) is 5.82 Å². The highest BCUT2D eigenvalue weighted by atomic mass is 79.9. The van der Waals surface area contributed by atoms with E-state index in [1.165, 1.54) is 6.07 Å². The van der Waals surface area contributed by atoms with Gasteiger partial charge in [-0.2, -0.15) is 0 Å². The number of nitrogens with two attached hydrogens (primary N) is 1. The van der Waals surface area contributed by atoms with Crippen molar-refractivity contribution >= 4 is 21.6 Å². The van der Waals surface area contributed by atoms with Crippen molar-refractivity contribution in [3.8, 4) is 0 Å². The van der Waals surface area contributed by atoms with E-state index in [0.29, 0.717) is 10.2 Å². The molecule has 0 amide bonds. The monoisotopic (exact) mass is 323 g/mol. The Morgan fingerprint density at radius 1 is 1.42 bits per heavy atom. The zero-order valence-corrected chi connectivity index (χ0v) is 12.1. The molecule has 1 aromatic carbocycles. The van der Waals surface area contributed by atoms with Crippen molar-refractivity contribution in [2.24, 2.45) is 0 Å². The Morgan fingerprint density at radius 2 is 2.21 bits per heavy atom. The number of anilines is 1. The summed E-state index contributed by atoms with van der Waals surface area (Å²) in [5.74, 6) is -0.279. The van der Waals surface area contributed by atoms with Crippen LogP contribution in [-0.2, 0) is 0 Å². The number of aromatic nitrogens is 1. The fraction of sp³-hybridized carbons (Fsp3) is 0.214. The van der Waals surface area contributed by atoms with E-state index in [-0.39, 0.29) is 11.9 Å². The lowest BCUT2D eigenvalue weighted by atomic mass is 9.99. The van der Waals surface area contributed by atoms with Gasteiger partial charge in [0, 0.05) is 23.6 Å². The summed E-state index contributed by atoms with van der Waals surface area (Å²) >= 11 is 3.21. The number of nitrogens with one attached hydrogen (secondary N) is 1. The maximum atomic E-state index is 13.3. The number of pyridine rings is 1. The minimum absolute atomic E-state index is 0.101. The van der Waals surface area contributed by atoms with Crippen LogP contribution in [0.2, 0.25) is 0 Å². The van der Waals surface area contributed by atoms with Crippen molar-refractivity contribution in [1.82, 2.24) is 10.3 Å². The molecule has 1 heterocycles. The molecule has 100 valence electrons. The zero-order valence-electron chi connectivity index (χ0n) is 10.5. The van der Waals surface area contributed by atoms with E-state index in [4.69, 9.17) is 5.73 Å². The van der Waals surface area contributed by atoms with E-state index in [9.17, 15) is 4.39 Å². The molecule has 0 saturated carbocycles. The van der Waals surface area contributed by atoms with E-state index in [1.54, 1.807) is 30.6 Å². The summed E-state index contributed by atoms with van der Waals surface area (Å²) in [5, 5.41) is 3.34. The predicted octanol–water partition coefficient (Wildman–Crippen LogP) is 3.26. The third-order valence-electron chi connectivity index (χ3n) is 2.88. The molecule has 3 nitrogen and oxygen atoms in total. The maximum Gasteiger partial charge on any atom is 0.137 e. The Morgan fingerprint density at radius 3 is 2.84 bits per heavy atom. The summed E-state index contributed by atoms with van der Waals surface area (Å²) < 4.78 is 13.8. The average Bonchev–Trinajstić information content (AvgIpc) is 2.40. The molecule has 1 atom stereocenters. The van der Waals surface area contributed by atoms with Crippen molar-refractivity contribution in [2.45, 2.75) is 13.0 Å². The third-order valence-corrected chi connectivity index (χ3v) is 3.49. The van der Waals surface area contributed by atoms with Crippen LogP contribution in [-0.4, -0.2) is 11.5 Å². The number of nitrogens with zero attached hydrogens (tertiary/aromatic N) is 1. The lowest BCUT2D eigenvalue weighted by molar-refractivity contribution is 0.608. The summed E-state index contributed by atoms with van der Waals surface area (Å²) in [6.07, 6.45) is 3.39. The number of halogens is 2. The second-order valence-electron chi connectivity index (χ2n) is 4.17. The molecular weight excluding hydrogens is 309 g/mol. The molecule has 5 heteroatoms. The largest absolute Gasteiger partial charge is 0.398 e. The van der Waals surface area contributed by atoms with Crippen molar-refractivity contribution in [3.63, 3.8) is 0 Å². The smallest absolute Gasteiger partial charge is 0.137 e. The molecule has 0 aliphatic heterocycles. The van der Waals surface area contributed by atoms with Crippen LogP contribution in [0.1, 0.15) is 24.1 Å². The first-order valence-corrected chi connectivity index (χ1v) is 6.80. The molecular formula is C14H15BrFN3. The molecule has 0 fully saturated rings. The van der Waals surface area contributed by atoms with E-state index in [1.807, 2.05) is 6.92 Å². The highest BCUT2D eigenvalue weighted by molar-refractivity contribution is 9.10. The Bertz CT molecular complexity index is 574. The first-order valence-electron chi connectivity index (χ1n) is 6.01. The maximum absolute atomic E-state index is 13.3. The van der Waals surface area contributed by atoms with Crippen LogP contribution < -0.4 is 11.1 Å². The first kappa shape index (κ1) is 14.0. The standard InChI is InChI=1S/C14H15BrFN3/c1-2-19-14(10-8-18-6-5-13(10)17)9-3-4-12(16)11(15)7-9/h3-8,14,19H,2H2,1H3,(H2,17,18). The van der Waals surface area contributed by atoms with Gasteiger partial charge in [0.25, 0.3) is 0 Å². The van der Waals surface area contributed by atoms with Gasteiger partial charge in [0.05, 0.1) is 10.5 Å². The summed E-state index contributed by atoms with van der Waals surface area (Å²) in [6.45, 7) is 2.78. The molecule has 2 rings (SSSR count). The lowest BCUT2D eigenvalue weighted by Gasteiger charge is -2.20. The Kier molecular flexibility index (Phi) is 4.50. The Labute approximate surface area is 120 Å². The molecule has 0 spiro atoms. The number of benzene rings is 1. The molecule has 2 aromatic rings. The summed E-state index contributed by atoms with van der Waals surface area (Å²) in [4.78, 5) is 4.11. The van der Waals surface area contributed by atoms with E-state index < -0.39 is 0 Å². The normalized spacial score (nSPS) is 12.4. The van der Waals surface area contributed by atoms with Crippen LogP contribution in [0.15, 0.2) is 41.1 Å². The molecule has 0 radical (unpaired) electrons. The molecule has 1 unspecified atom stereocenters. The second-order valence-corrected chi connectivity index (χ2v) is 5.02. The predicted molar refractivity (Wildman–Crippen MR) is 78.3 cm³/mol. The van der Waals surface area contributed by atoms with Gasteiger partial charge in [-0.15, -0.1) is 0 Å². The molecule has 0 aliphatic carbocycles.